The molecule has 6 nitrogen and oxygen atoms in total. The summed E-state index contributed by atoms with van der Waals surface area (Å²) in [5.74, 6) is 1.19. The van der Waals surface area contributed by atoms with Gasteiger partial charge in [-0.05, 0) is 29.8 Å². The van der Waals surface area contributed by atoms with Gasteiger partial charge in [0, 0.05) is 29.0 Å². The van der Waals surface area contributed by atoms with E-state index in [0.717, 1.165) is 10.9 Å². The minimum Gasteiger partial charge on any atom is -0.486 e. The fourth-order valence-electron chi connectivity index (χ4n) is 4.40. The largest absolute Gasteiger partial charge is 0.486 e. The van der Waals surface area contributed by atoms with Crippen LogP contribution in [0.3, 0.4) is 0 Å². The van der Waals surface area contributed by atoms with Crippen LogP contribution in [0.4, 0.5) is 0 Å². The van der Waals surface area contributed by atoms with Crippen molar-refractivity contribution in [3.63, 3.8) is 0 Å². The molecule has 2 aliphatic heterocycles. The van der Waals surface area contributed by atoms with Crippen LogP contribution < -0.4 is 9.47 Å². The topological polar surface area (TPSA) is 64.0 Å². The molecule has 7 heteroatoms. The van der Waals surface area contributed by atoms with E-state index in [1.165, 1.54) is 0 Å². The molecule has 3 heterocycles. The molecule has 3 aromatic carbocycles. The Balaban J connectivity index is 1.43. The number of ether oxygens (including phenoxy) is 2. The average Bonchev–Trinajstić information content (AvgIpc) is 3.33. The van der Waals surface area contributed by atoms with Gasteiger partial charge < -0.3 is 9.47 Å². The summed E-state index contributed by atoms with van der Waals surface area (Å²) in [7, 11) is 0. The van der Waals surface area contributed by atoms with Crippen molar-refractivity contribution in [3.8, 4) is 11.5 Å². The van der Waals surface area contributed by atoms with Gasteiger partial charge in [0.1, 0.15) is 18.4 Å². The lowest BCUT2D eigenvalue weighted by Crippen LogP contribution is -2.27. The highest BCUT2D eigenvalue weighted by molar-refractivity contribution is 6.33. The summed E-state index contributed by atoms with van der Waals surface area (Å²) in [5, 5.41) is 7.54. The van der Waals surface area contributed by atoms with Crippen molar-refractivity contribution < 1.29 is 14.3 Å². The van der Waals surface area contributed by atoms with Crippen molar-refractivity contribution in [2.24, 2.45) is 5.10 Å². The van der Waals surface area contributed by atoms with E-state index in [9.17, 15) is 4.79 Å². The Hall–Kier alpha value is -3.90. The Kier molecular flexibility index (Phi) is 5.15. The van der Waals surface area contributed by atoms with Gasteiger partial charge in [-0.25, -0.2) is 9.99 Å². The van der Waals surface area contributed by atoms with E-state index in [1.807, 2.05) is 66.7 Å². The molecule has 1 atom stereocenters. The van der Waals surface area contributed by atoms with Crippen LogP contribution >= 0.6 is 11.6 Å². The molecule has 0 fully saturated rings. The van der Waals surface area contributed by atoms with Crippen molar-refractivity contribution in [1.82, 2.24) is 9.99 Å². The van der Waals surface area contributed by atoms with Gasteiger partial charge >= 0.3 is 0 Å². The van der Waals surface area contributed by atoms with Gasteiger partial charge in [-0.3, -0.25) is 4.79 Å². The number of benzene rings is 3. The van der Waals surface area contributed by atoms with Gasteiger partial charge in [0.25, 0.3) is 5.91 Å². The minimum absolute atomic E-state index is 0.158. The molecule has 0 bridgehead atoms. The molecule has 0 saturated carbocycles. The first kappa shape index (κ1) is 20.7. The second kappa shape index (κ2) is 8.47. The van der Waals surface area contributed by atoms with Crippen LogP contribution in [-0.4, -0.2) is 34.8 Å². The zero-order chi connectivity index (χ0) is 23.1. The van der Waals surface area contributed by atoms with E-state index in [-0.39, 0.29) is 11.9 Å². The average molecular weight is 470 g/mol. The number of carbonyl (C=O) groups excluding carboxylic acids is 1. The van der Waals surface area contributed by atoms with E-state index >= 15 is 0 Å². The Morgan fingerprint density at radius 2 is 1.59 bits per heavy atom. The molecule has 1 aromatic heterocycles. The number of halogens is 1. The molecule has 168 valence electrons. The Morgan fingerprint density at radius 1 is 0.912 bits per heavy atom. The normalized spacial score (nSPS) is 17.0. The van der Waals surface area contributed by atoms with Gasteiger partial charge in [0.2, 0.25) is 0 Å². The third-order valence-corrected chi connectivity index (χ3v) is 6.35. The second-order valence-corrected chi connectivity index (χ2v) is 8.57. The number of aromatic nitrogens is 1. The highest BCUT2D eigenvalue weighted by atomic mass is 35.5. The van der Waals surface area contributed by atoms with Crippen LogP contribution in [0.1, 0.15) is 33.9 Å². The van der Waals surface area contributed by atoms with Crippen molar-refractivity contribution in [2.45, 2.75) is 12.5 Å². The number of hydrogen-bond donors (Lipinski definition) is 0. The third kappa shape index (κ3) is 3.66. The summed E-state index contributed by atoms with van der Waals surface area (Å²) in [6, 6.07) is 24.6. The predicted octanol–water partition coefficient (Wildman–Crippen LogP) is 5.65. The van der Waals surface area contributed by atoms with Crippen molar-refractivity contribution in [2.75, 3.05) is 13.2 Å². The van der Waals surface area contributed by atoms with Crippen LogP contribution in [0.15, 0.2) is 84.0 Å². The Labute approximate surface area is 201 Å². The third-order valence-electron chi connectivity index (χ3n) is 6.07. The molecule has 34 heavy (non-hydrogen) atoms. The first-order valence-corrected chi connectivity index (χ1v) is 11.5. The maximum Gasteiger partial charge on any atom is 0.274 e. The Morgan fingerprint density at radius 3 is 2.32 bits per heavy atom. The van der Waals surface area contributed by atoms with E-state index in [1.54, 1.807) is 17.1 Å². The van der Waals surface area contributed by atoms with Gasteiger partial charge in [-0.1, -0.05) is 60.1 Å². The summed E-state index contributed by atoms with van der Waals surface area (Å²) in [4.78, 5) is 18.0. The smallest absolute Gasteiger partial charge is 0.274 e. The second-order valence-electron chi connectivity index (χ2n) is 8.21. The molecule has 4 aromatic rings. The summed E-state index contributed by atoms with van der Waals surface area (Å²) in [6.07, 6.45) is 0.528. The lowest BCUT2D eigenvalue weighted by Gasteiger charge is -2.22. The van der Waals surface area contributed by atoms with Crippen molar-refractivity contribution in [3.05, 3.63) is 101 Å². The number of hydrogen-bond acceptors (Lipinski definition) is 5. The van der Waals surface area contributed by atoms with Crippen LogP contribution in [0, 0.1) is 0 Å². The number of carbonyl (C=O) groups is 1. The highest BCUT2D eigenvalue weighted by Gasteiger charge is 2.34. The fraction of sp³-hybridized carbons (Fsp3) is 0.148. The number of nitrogens with zero attached hydrogens (tertiary/aromatic N) is 3. The minimum atomic E-state index is -0.240. The molecular formula is C27H20ClN3O3. The first-order valence-electron chi connectivity index (χ1n) is 11.1. The summed E-state index contributed by atoms with van der Waals surface area (Å²) >= 11 is 6.64. The molecule has 0 spiro atoms. The molecule has 0 N–H and O–H groups in total. The molecule has 0 aliphatic carbocycles. The number of hydrazone groups is 1. The van der Waals surface area contributed by atoms with Gasteiger partial charge in [0.15, 0.2) is 11.5 Å². The zero-order valence-corrected chi connectivity index (χ0v) is 18.9. The predicted molar refractivity (Wildman–Crippen MR) is 131 cm³/mol. The fourth-order valence-corrected chi connectivity index (χ4v) is 4.65. The van der Waals surface area contributed by atoms with Gasteiger partial charge in [-0.15, -0.1) is 0 Å². The molecule has 2 aliphatic rings. The Bertz CT molecular complexity index is 1420. The lowest BCUT2D eigenvalue weighted by atomic mass is 9.98. The maximum absolute atomic E-state index is 13.4. The molecule has 6 rings (SSSR count). The van der Waals surface area contributed by atoms with Gasteiger partial charge in [-0.2, -0.15) is 5.10 Å². The summed E-state index contributed by atoms with van der Waals surface area (Å²) < 4.78 is 11.4. The molecular weight excluding hydrogens is 450 g/mol. The first-order chi connectivity index (χ1) is 16.7. The van der Waals surface area contributed by atoms with Crippen LogP contribution in [-0.2, 0) is 0 Å². The number of amides is 1. The number of rotatable bonds is 3. The molecule has 0 unspecified atom stereocenters. The quantitative estimate of drug-likeness (QED) is 0.364. The van der Waals surface area contributed by atoms with Crippen LogP contribution in [0.5, 0.6) is 11.5 Å². The number of fused-ring (bicyclic) bond motifs is 2. The SMILES string of the molecule is O=C(c1ccccc1)N1N=C(c2cc3cc4c(cc3nc2Cl)OCCO4)C[C@H]1c1ccccc1. The van der Waals surface area contributed by atoms with Crippen molar-refractivity contribution >= 4 is 34.1 Å². The van der Waals surface area contributed by atoms with Crippen LogP contribution in [0.25, 0.3) is 10.9 Å². The summed E-state index contributed by atoms with van der Waals surface area (Å²) in [5.41, 5.74) is 3.73. The van der Waals surface area contributed by atoms with E-state index in [2.05, 4.69) is 4.98 Å². The summed E-state index contributed by atoms with van der Waals surface area (Å²) in [6.45, 7) is 1.02. The molecule has 0 saturated heterocycles. The molecule has 0 radical (unpaired) electrons. The zero-order valence-electron chi connectivity index (χ0n) is 18.1. The molecule has 1 amide bonds. The van der Waals surface area contributed by atoms with Crippen molar-refractivity contribution in [1.29, 1.82) is 0 Å². The highest BCUT2D eigenvalue weighted by Crippen LogP contribution is 2.38. The van der Waals surface area contributed by atoms with Gasteiger partial charge in [0.05, 0.1) is 17.3 Å². The van der Waals surface area contributed by atoms with E-state index < -0.39 is 0 Å². The lowest BCUT2D eigenvalue weighted by molar-refractivity contribution is 0.0711. The number of pyridine rings is 1. The van der Waals surface area contributed by atoms with Crippen LogP contribution in [0.2, 0.25) is 5.15 Å². The van der Waals surface area contributed by atoms with E-state index in [0.29, 0.717) is 58.6 Å². The van der Waals surface area contributed by atoms with E-state index in [4.69, 9.17) is 26.2 Å². The standard InChI is InChI=1S/C27H20ClN3O3/c28-26-20(13-19-14-24-25(16-21(19)29-26)34-12-11-33-24)22-15-23(17-7-3-1-4-8-17)31(30-22)27(32)18-9-5-2-6-10-18/h1-10,13-14,16,23H,11-12,15H2/t23-/m0/s1. The maximum atomic E-state index is 13.4. The monoisotopic (exact) mass is 469 g/mol.